The fraction of sp³-hybridized carbons (Fsp3) is 0.667. The largest absolute Gasteiger partial charge is 0.462 e. The smallest absolute Gasteiger partial charge is 0.306 e. The van der Waals surface area contributed by atoms with Crippen molar-refractivity contribution in [3.05, 3.63) is 97.2 Å². The topological polar surface area (TPSA) is 78.9 Å². The number of unbranched alkanes of at least 4 members (excludes halogenated alkanes) is 18. The Balaban J connectivity index is 4.51. The van der Waals surface area contributed by atoms with Crippen molar-refractivity contribution < 1.29 is 28.6 Å². The second-order valence-corrected chi connectivity index (χ2v) is 16.7. The Hall–Kier alpha value is -3.67. The van der Waals surface area contributed by atoms with E-state index in [9.17, 15) is 14.4 Å². The maximum absolute atomic E-state index is 12.8. The maximum atomic E-state index is 12.8. The van der Waals surface area contributed by atoms with Crippen LogP contribution in [0.3, 0.4) is 0 Å². The van der Waals surface area contributed by atoms with E-state index in [1.54, 1.807) is 0 Å². The number of carbonyl (C=O) groups is 3. The lowest BCUT2D eigenvalue weighted by molar-refractivity contribution is -0.166. The summed E-state index contributed by atoms with van der Waals surface area (Å²) in [6.45, 7) is 6.39. The predicted octanol–water partition coefficient (Wildman–Crippen LogP) is 17.0. The molecule has 0 radical (unpaired) electrons. The molecule has 0 aliphatic heterocycles. The van der Waals surface area contributed by atoms with Gasteiger partial charge in [0.25, 0.3) is 0 Å². The predicted molar refractivity (Wildman–Crippen MR) is 270 cm³/mol. The lowest BCUT2D eigenvalue weighted by atomic mass is 10.1. The molecule has 0 heterocycles. The Morgan fingerprint density at radius 2 is 0.667 bits per heavy atom. The zero-order valence-corrected chi connectivity index (χ0v) is 40.8. The van der Waals surface area contributed by atoms with Crippen molar-refractivity contribution in [3.8, 4) is 0 Å². The van der Waals surface area contributed by atoms with E-state index in [-0.39, 0.29) is 37.5 Å². The van der Waals surface area contributed by atoms with Gasteiger partial charge in [-0.1, -0.05) is 201 Å². The minimum absolute atomic E-state index is 0.109. The first kappa shape index (κ1) is 59.3. The number of rotatable bonds is 45. The van der Waals surface area contributed by atoms with Gasteiger partial charge in [0, 0.05) is 19.3 Å². The van der Waals surface area contributed by atoms with Gasteiger partial charge in [0.1, 0.15) is 13.2 Å². The number of ether oxygens (including phenoxy) is 3. The molecule has 0 bridgehead atoms. The molecular formula is C57H94O6. The van der Waals surface area contributed by atoms with Crippen LogP contribution >= 0.6 is 0 Å². The third-order valence-electron chi connectivity index (χ3n) is 10.6. The highest BCUT2D eigenvalue weighted by Crippen LogP contribution is 2.13. The molecular weight excluding hydrogens is 781 g/mol. The van der Waals surface area contributed by atoms with Crippen molar-refractivity contribution in [1.82, 2.24) is 0 Å². The van der Waals surface area contributed by atoms with Gasteiger partial charge >= 0.3 is 17.9 Å². The van der Waals surface area contributed by atoms with Crippen LogP contribution in [-0.4, -0.2) is 37.2 Å². The van der Waals surface area contributed by atoms with Crippen LogP contribution in [0.4, 0.5) is 0 Å². The van der Waals surface area contributed by atoms with Gasteiger partial charge in [0.15, 0.2) is 6.10 Å². The Morgan fingerprint density at radius 3 is 1.11 bits per heavy atom. The van der Waals surface area contributed by atoms with Crippen molar-refractivity contribution in [2.24, 2.45) is 0 Å². The molecule has 0 unspecified atom stereocenters. The summed E-state index contributed by atoms with van der Waals surface area (Å²) < 4.78 is 16.7. The monoisotopic (exact) mass is 875 g/mol. The van der Waals surface area contributed by atoms with Gasteiger partial charge < -0.3 is 14.2 Å². The number of hydrogen-bond donors (Lipinski definition) is 0. The minimum atomic E-state index is -0.815. The van der Waals surface area contributed by atoms with Crippen LogP contribution in [0.25, 0.3) is 0 Å². The minimum Gasteiger partial charge on any atom is -0.462 e. The van der Waals surface area contributed by atoms with E-state index in [1.807, 2.05) is 12.2 Å². The van der Waals surface area contributed by atoms with Crippen molar-refractivity contribution in [1.29, 1.82) is 0 Å². The van der Waals surface area contributed by atoms with Crippen LogP contribution in [0.5, 0.6) is 0 Å². The van der Waals surface area contributed by atoms with E-state index < -0.39 is 6.10 Å². The van der Waals surface area contributed by atoms with E-state index in [2.05, 4.69) is 106 Å². The summed E-state index contributed by atoms with van der Waals surface area (Å²) in [7, 11) is 0. The van der Waals surface area contributed by atoms with Gasteiger partial charge in [0.2, 0.25) is 0 Å². The molecule has 0 rings (SSSR count). The standard InChI is InChI=1S/C57H94O6/c1-4-7-10-13-16-19-22-24-26-27-28-29-31-32-35-38-41-44-47-50-56(59)62-53-54(52-61-55(58)49-46-43-40-37-34-21-18-15-12-9-6-3)63-57(60)51-48-45-42-39-36-33-30-25-23-20-17-14-11-8-5-2/h7,10,15-16,18-19,24-26,28-30,32,35,41,44,54H,4-6,8-9,11-14,17,20-23,27,31,33-34,36-40,42-43,45-53H2,1-3H3/b10-7-,18-15-,19-16-,26-24-,29-28-,30-25-,35-32-,44-41-/t54-/m0/s1. The molecule has 6 heteroatoms. The summed E-state index contributed by atoms with van der Waals surface area (Å²) in [5, 5.41) is 0. The van der Waals surface area contributed by atoms with Crippen LogP contribution in [0.15, 0.2) is 97.2 Å². The normalized spacial score (nSPS) is 12.9. The van der Waals surface area contributed by atoms with Crippen LogP contribution < -0.4 is 0 Å². The maximum Gasteiger partial charge on any atom is 0.306 e. The Labute approximate surface area is 387 Å². The van der Waals surface area contributed by atoms with E-state index >= 15 is 0 Å². The lowest BCUT2D eigenvalue weighted by Crippen LogP contribution is -2.30. The summed E-state index contributed by atoms with van der Waals surface area (Å²) in [5.41, 5.74) is 0. The fourth-order valence-electron chi connectivity index (χ4n) is 6.68. The molecule has 0 saturated carbocycles. The van der Waals surface area contributed by atoms with Crippen molar-refractivity contribution in [2.45, 2.75) is 232 Å². The first-order chi connectivity index (χ1) is 31.0. The van der Waals surface area contributed by atoms with Crippen molar-refractivity contribution in [3.63, 3.8) is 0 Å². The number of esters is 3. The summed E-state index contributed by atoms with van der Waals surface area (Å²) in [4.78, 5) is 37.9. The summed E-state index contributed by atoms with van der Waals surface area (Å²) in [5.74, 6) is -1.02. The molecule has 1 atom stereocenters. The van der Waals surface area contributed by atoms with Gasteiger partial charge in [0.05, 0.1) is 0 Å². The van der Waals surface area contributed by atoms with Gasteiger partial charge in [-0.05, 0) is 103 Å². The molecule has 0 aliphatic rings. The zero-order chi connectivity index (χ0) is 45.8. The molecule has 63 heavy (non-hydrogen) atoms. The molecule has 0 spiro atoms. The third kappa shape index (κ3) is 49.2. The van der Waals surface area contributed by atoms with Gasteiger partial charge in [-0.2, -0.15) is 0 Å². The highest BCUT2D eigenvalue weighted by Gasteiger charge is 2.19. The van der Waals surface area contributed by atoms with E-state index in [0.717, 1.165) is 103 Å². The van der Waals surface area contributed by atoms with E-state index in [0.29, 0.717) is 19.3 Å². The van der Waals surface area contributed by atoms with Crippen LogP contribution in [-0.2, 0) is 28.6 Å². The fourth-order valence-corrected chi connectivity index (χ4v) is 6.68. The average molecular weight is 875 g/mol. The van der Waals surface area contributed by atoms with Crippen LogP contribution in [0.1, 0.15) is 226 Å². The van der Waals surface area contributed by atoms with E-state index in [1.165, 1.54) is 77.0 Å². The van der Waals surface area contributed by atoms with E-state index in [4.69, 9.17) is 14.2 Å². The second kappa shape index (κ2) is 51.0. The number of carbonyl (C=O) groups excluding carboxylic acids is 3. The first-order valence-electron chi connectivity index (χ1n) is 25.7. The highest BCUT2D eigenvalue weighted by molar-refractivity contribution is 5.71. The molecule has 0 aromatic carbocycles. The molecule has 0 aliphatic carbocycles. The molecule has 0 saturated heterocycles. The van der Waals surface area contributed by atoms with Gasteiger partial charge in [-0.3, -0.25) is 14.4 Å². The summed E-state index contributed by atoms with van der Waals surface area (Å²) in [6, 6.07) is 0. The first-order valence-corrected chi connectivity index (χ1v) is 25.7. The van der Waals surface area contributed by atoms with Gasteiger partial charge in [-0.25, -0.2) is 0 Å². The molecule has 0 amide bonds. The van der Waals surface area contributed by atoms with Gasteiger partial charge in [-0.15, -0.1) is 0 Å². The Kier molecular flexibility index (Phi) is 48.0. The lowest BCUT2D eigenvalue weighted by Gasteiger charge is -2.18. The summed E-state index contributed by atoms with van der Waals surface area (Å²) >= 11 is 0. The average Bonchev–Trinajstić information content (AvgIpc) is 3.28. The molecule has 358 valence electrons. The Bertz CT molecular complexity index is 1280. The SMILES string of the molecule is CC/C=C\C/C=C\C/C=C\C/C=C\C/C=C\C/C=C\CCC(=O)OC[C@H](COC(=O)CCCCCCC/C=C\CCCC)OC(=O)CCCCCCC/C=C\CCCCCCCC. The van der Waals surface area contributed by atoms with Crippen molar-refractivity contribution in [2.75, 3.05) is 13.2 Å². The molecule has 6 nitrogen and oxygen atoms in total. The molecule has 0 N–H and O–H groups in total. The molecule has 0 aromatic heterocycles. The molecule has 0 fully saturated rings. The third-order valence-corrected chi connectivity index (χ3v) is 10.6. The number of allylic oxidation sites excluding steroid dienone is 16. The quantitative estimate of drug-likeness (QED) is 0.0262. The van der Waals surface area contributed by atoms with Crippen LogP contribution in [0, 0.1) is 0 Å². The van der Waals surface area contributed by atoms with Crippen LogP contribution in [0.2, 0.25) is 0 Å². The summed E-state index contributed by atoms with van der Waals surface area (Å²) in [6.07, 6.45) is 66.9. The second-order valence-electron chi connectivity index (χ2n) is 16.7. The highest BCUT2D eigenvalue weighted by atomic mass is 16.6. The molecule has 0 aromatic rings. The number of hydrogen-bond acceptors (Lipinski definition) is 6. The Morgan fingerprint density at radius 1 is 0.333 bits per heavy atom. The van der Waals surface area contributed by atoms with Crippen molar-refractivity contribution >= 4 is 17.9 Å². The zero-order valence-electron chi connectivity index (χ0n) is 40.8.